The SMILES string of the molecule is CSC[C@H](C)C(=O)N1CCn2cccc2[C@H]1c1ccccc1. The van der Waals surface area contributed by atoms with Crippen molar-refractivity contribution in [3.63, 3.8) is 0 Å². The Bertz CT molecular complexity index is 638. The van der Waals surface area contributed by atoms with Crippen molar-refractivity contribution < 1.29 is 4.79 Å². The van der Waals surface area contributed by atoms with Gasteiger partial charge < -0.3 is 9.47 Å². The zero-order valence-electron chi connectivity index (χ0n) is 13.1. The highest BCUT2D eigenvalue weighted by Gasteiger charge is 2.33. The van der Waals surface area contributed by atoms with Crippen molar-refractivity contribution in [3.05, 3.63) is 59.9 Å². The third-order valence-electron chi connectivity index (χ3n) is 4.27. The van der Waals surface area contributed by atoms with Crippen LogP contribution in [0.3, 0.4) is 0 Å². The molecule has 22 heavy (non-hydrogen) atoms. The molecule has 0 fully saturated rings. The standard InChI is InChI=1S/C18H22N2OS/c1-14(13-22-2)18(21)20-12-11-19-10-6-9-16(19)17(20)15-7-4-3-5-8-15/h3-10,14,17H,11-13H2,1-2H3/t14-,17+/m0/s1. The highest BCUT2D eigenvalue weighted by Crippen LogP contribution is 2.33. The molecule has 2 atom stereocenters. The Morgan fingerprint density at radius 2 is 2.00 bits per heavy atom. The van der Waals surface area contributed by atoms with E-state index in [1.165, 1.54) is 11.3 Å². The van der Waals surface area contributed by atoms with Crippen molar-refractivity contribution in [2.24, 2.45) is 5.92 Å². The van der Waals surface area contributed by atoms with Gasteiger partial charge >= 0.3 is 0 Å². The average molecular weight is 314 g/mol. The van der Waals surface area contributed by atoms with Crippen molar-refractivity contribution in [2.75, 3.05) is 18.6 Å². The summed E-state index contributed by atoms with van der Waals surface area (Å²) in [7, 11) is 0. The molecule has 0 aliphatic carbocycles. The minimum absolute atomic E-state index is 0.0294. The van der Waals surface area contributed by atoms with Crippen LogP contribution in [0, 0.1) is 5.92 Å². The van der Waals surface area contributed by atoms with E-state index in [0.29, 0.717) is 0 Å². The van der Waals surface area contributed by atoms with Crippen LogP contribution in [0.2, 0.25) is 0 Å². The summed E-state index contributed by atoms with van der Waals surface area (Å²) in [5.41, 5.74) is 2.40. The molecule has 116 valence electrons. The van der Waals surface area contributed by atoms with Crippen LogP contribution in [0.25, 0.3) is 0 Å². The van der Waals surface area contributed by atoms with Gasteiger partial charge in [-0.2, -0.15) is 11.8 Å². The van der Waals surface area contributed by atoms with Gasteiger partial charge in [-0.1, -0.05) is 37.3 Å². The van der Waals surface area contributed by atoms with Crippen molar-refractivity contribution in [1.29, 1.82) is 0 Å². The zero-order valence-corrected chi connectivity index (χ0v) is 13.9. The fourth-order valence-electron chi connectivity index (χ4n) is 3.21. The van der Waals surface area contributed by atoms with Gasteiger partial charge in [-0.25, -0.2) is 0 Å². The third kappa shape index (κ3) is 2.80. The fourth-order valence-corrected chi connectivity index (χ4v) is 3.85. The maximum absolute atomic E-state index is 12.9. The predicted molar refractivity (Wildman–Crippen MR) is 92.0 cm³/mol. The Morgan fingerprint density at radius 3 is 2.73 bits per heavy atom. The number of amides is 1. The number of hydrogen-bond acceptors (Lipinski definition) is 2. The first kappa shape index (κ1) is 15.2. The van der Waals surface area contributed by atoms with E-state index in [2.05, 4.69) is 46.2 Å². The van der Waals surface area contributed by atoms with Crippen LogP contribution in [0.15, 0.2) is 48.7 Å². The van der Waals surface area contributed by atoms with Gasteiger partial charge in [0, 0.05) is 36.7 Å². The number of benzene rings is 1. The molecule has 0 unspecified atom stereocenters. The lowest BCUT2D eigenvalue weighted by Gasteiger charge is -2.38. The van der Waals surface area contributed by atoms with Crippen molar-refractivity contribution in [1.82, 2.24) is 9.47 Å². The Morgan fingerprint density at radius 1 is 1.23 bits per heavy atom. The molecule has 0 radical (unpaired) electrons. The Balaban J connectivity index is 1.97. The predicted octanol–water partition coefficient (Wildman–Crippen LogP) is 3.42. The van der Waals surface area contributed by atoms with Gasteiger partial charge in [0.1, 0.15) is 0 Å². The number of aromatic nitrogens is 1. The second kappa shape index (κ2) is 6.61. The molecule has 2 heterocycles. The average Bonchev–Trinajstić information content (AvgIpc) is 3.02. The maximum Gasteiger partial charge on any atom is 0.227 e. The van der Waals surface area contributed by atoms with E-state index in [-0.39, 0.29) is 17.9 Å². The Kier molecular flexibility index (Phi) is 4.57. The minimum atomic E-state index is 0.0294. The smallest absolute Gasteiger partial charge is 0.227 e. The normalized spacial score (nSPS) is 18.8. The van der Waals surface area contributed by atoms with Gasteiger partial charge in [0.05, 0.1) is 6.04 Å². The Hall–Kier alpha value is -1.68. The first-order chi connectivity index (χ1) is 10.7. The summed E-state index contributed by atoms with van der Waals surface area (Å²) in [5, 5.41) is 0. The zero-order chi connectivity index (χ0) is 15.5. The number of fused-ring (bicyclic) bond motifs is 1. The topological polar surface area (TPSA) is 25.2 Å². The van der Waals surface area contributed by atoms with Crippen LogP contribution in [0.5, 0.6) is 0 Å². The highest BCUT2D eigenvalue weighted by atomic mass is 32.2. The fraction of sp³-hybridized carbons (Fsp3) is 0.389. The lowest BCUT2D eigenvalue weighted by molar-refractivity contribution is -0.137. The van der Waals surface area contributed by atoms with Gasteiger partial charge in [0.2, 0.25) is 5.91 Å². The number of nitrogens with zero attached hydrogens (tertiary/aromatic N) is 2. The quantitative estimate of drug-likeness (QED) is 0.864. The van der Waals surface area contributed by atoms with E-state index in [9.17, 15) is 4.79 Å². The third-order valence-corrected chi connectivity index (χ3v) is 5.11. The van der Waals surface area contributed by atoms with Crippen LogP contribution in [-0.2, 0) is 11.3 Å². The summed E-state index contributed by atoms with van der Waals surface area (Å²) in [5.74, 6) is 1.19. The van der Waals surface area contributed by atoms with Crippen LogP contribution in [-0.4, -0.2) is 33.9 Å². The largest absolute Gasteiger partial charge is 0.348 e. The molecule has 1 amide bonds. The molecule has 1 aliphatic rings. The molecule has 1 aromatic heterocycles. The number of carbonyl (C=O) groups excluding carboxylic acids is 1. The number of carbonyl (C=O) groups is 1. The van der Waals surface area contributed by atoms with Gasteiger partial charge in [-0.15, -0.1) is 0 Å². The Labute approximate surface area is 136 Å². The van der Waals surface area contributed by atoms with Gasteiger partial charge in [0.15, 0.2) is 0 Å². The highest BCUT2D eigenvalue weighted by molar-refractivity contribution is 7.98. The van der Waals surface area contributed by atoms with Crippen LogP contribution < -0.4 is 0 Å². The summed E-state index contributed by atoms with van der Waals surface area (Å²) in [6.45, 7) is 3.69. The molecule has 4 heteroatoms. The molecule has 0 N–H and O–H groups in total. The first-order valence-electron chi connectivity index (χ1n) is 7.71. The molecule has 2 aromatic rings. The van der Waals surface area contributed by atoms with E-state index in [0.717, 1.165) is 18.8 Å². The van der Waals surface area contributed by atoms with Crippen LogP contribution in [0.4, 0.5) is 0 Å². The summed E-state index contributed by atoms with van der Waals surface area (Å²) < 4.78 is 2.26. The number of rotatable bonds is 4. The van der Waals surface area contributed by atoms with Gasteiger partial charge in [-0.3, -0.25) is 4.79 Å². The number of thioether (sulfide) groups is 1. The monoisotopic (exact) mass is 314 g/mol. The van der Waals surface area contributed by atoms with Gasteiger partial charge in [0.25, 0.3) is 0 Å². The summed E-state index contributed by atoms with van der Waals surface area (Å²) in [6.07, 6.45) is 4.16. The molecular formula is C18H22N2OS. The van der Waals surface area contributed by atoms with Crippen molar-refractivity contribution in [3.8, 4) is 0 Å². The molecule has 0 saturated carbocycles. The van der Waals surface area contributed by atoms with Crippen molar-refractivity contribution >= 4 is 17.7 Å². The van der Waals surface area contributed by atoms with Crippen molar-refractivity contribution in [2.45, 2.75) is 19.5 Å². The number of hydrogen-bond donors (Lipinski definition) is 0. The van der Waals surface area contributed by atoms with E-state index < -0.39 is 0 Å². The van der Waals surface area contributed by atoms with E-state index in [1.807, 2.05) is 25.1 Å². The minimum Gasteiger partial charge on any atom is -0.348 e. The van der Waals surface area contributed by atoms with Crippen LogP contribution in [0.1, 0.15) is 24.2 Å². The molecule has 1 aliphatic heterocycles. The lowest BCUT2D eigenvalue weighted by Crippen LogP contribution is -2.45. The van der Waals surface area contributed by atoms with E-state index in [1.54, 1.807) is 11.8 Å². The molecule has 0 saturated heterocycles. The lowest BCUT2D eigenvalue weighted by atomic mass is 9.98. The molecule has 0 bridgehead atoms. The van der Waals surface area contributed by atoms with E-state index >= 15 is 0 Å². The summed E-state index contributed by atoms with van der Waals surface area (Å²) in [4.78, 5) is 15.0. The second-order valence-electron chi connectivity index (χ2n) is 5.83. The molecule has 3 nitrogen and oxygen atoms in total. The summed E-state index contributed by atoms with van der Waals surface area (Å²) in [6, 6.07) is 14.6. The molecular weight excluding hydrogens is 292 g/mol. The molecule has 1 aromatic carbocycles. The first-order valence-corrected chi connectivity index (χ1v) is 9.11. The second-order valence-corrected chi connectivity index (χ2v) is 6.74. The van der Waals surface area contributed by atoms with Crippen LogP contribution >= 0.6 is 11.8 Å². The molecule has 3 rings (SSSR count). The maximum atomic E-state index is 12.9. The van der Waals surface area contributed by atoms with E-state index in [4.69, 9.17) is 0 Å². The molecule has 0 spiro atoms. The summed E-state index contributed by atoms with van der Waals surface area (Å²) >= 11 is 1.73. The van der Waals surface area contributed by atoms with Gasteiger partial charge in [-0.05, 0) is 24.0 Å².